The number of nitrogens with two attached hydrogens (primary N) is 1. The predicted octanol–water partition coefficient (Wildman–Crippen LogP) is 3.40. The van der Waals surface area contributed by atoms with E-state index >= 15 is 0 Å². The second-order valence-corrected chi connectivity index (χ2v) is 8.41. The number of guanidine groups is 2. The molecular formula is C24H28ClN7. The van der Waals surface area contributed by atoms with Gasteiger partial charge in [-0.05, 0) is 36.5 Å². The predicted molar refractivity (Wildman–Crippen MR) is 129 cm³/mol. The third-order valence-electron chi connectivity index (χ3n) is 5.56. The summed E-state index contributed by atoms with van der Waals surface area (Å²) in [5, 5.41) is 13.3. The molecule has 3 rings (SSSR count). The van der Waals surface area contributed by atoms with Crippen molar-refractivity contribution in [2.24, 2.45) is 21.6 Å². The van der Waals surface area contributed by atoms with Gasteiger partial charge in [-0.2, -0.15) is 10.3 Å². The maximum atomic E-state index is 9.45. The topological polar surface area (TPSA) is 93.0 Å². The molecular weight excluding hydrogens is 422 g/mol. The van der Waals surface area contributed by atoms with E-state index in [0.29, 0.717) is 33.9 Å². The zero-order chi connectivity index (χ0) is 23.3. The molecule has 3 N–H and O–H groups in total. The first kappa shape index (κ1) is 23.4. The summed E-state index contributed by atoms with van der Waals surface area (Å²) in [6.07, 6.45) is 9.45. The summed E-state index contributed by atoms with van der Waals surface area (Å²) in [7, 11) is 0. The van der Waals surface area contributed by atoms with E-state index in [4.69, 9.17) is 28.8 Å². The van der Waals surface area contributed by atoms with Crippen molar-refractivity contribution in [2.75, 3.05) is 13.1 Å². The monoisotopic (exact) mass is 449 g/mol. The zero-order valence-electron chi connectivity index (χ0n) is 18.5. The third kappa shape index (κ3) is 4.96. The summed E-state index contributed by atoms with van der Waals surface area (Å²) in [6, 6.07) is 10.2. The van der Waals surface area contributed by atoms with Crippen LogP contribution in [0.5, 0.6) is 0 Å². The van der Waals surface area contributed by atoms with Gasteiger partial charge in [0.05, 0.1) is 18.2 Å². The van der Waals surface area contributed by atoms with Crippen LogP contribution in [0.1, 0.15) is 37.8 Å². The van der Waals surface area contributed by atoms with Crippen LogP contribution >= 0.6 is 11.6 Å². The first-order valence-electron chi connectivity index (χ1n) is 10.6. The summed E-state index contributed by atoms with van der Waals surface area (Å²) >= 11 is 6.34. The average molecular weight is 450 g/mol. The van der Waals surface area contributed by atoms with E-state index in [2.05, 4.69) is 47.7 Å². The van der Waals surface area contributed by atoms with Crippen molar-refractivity contribution in [1.82, 2.24) is 15.1 Å². The highest BCUT2D eigenvalue weighted by Gasteiger charge is 2.29. The van der Waals surface area contributed by atoms with Crippen LogP contribution in [0.2, 0.25) is 5.02 Å². The molecule has 0 amide bonds. The highest BCUT2D eigenvalue weighted by atomic mass is 35.5. The highest BCUT2D eigenvalue weighted by Crippen LogP contribution is 2.24. The molecule has 1 saturated heterocycles. The van der Waals surface area contributed by atoms with Crippen molar-refractivity contribution in [3.8, 4) is 18.5 Å². The number of nitrogens with one attached hydrogen (secondary N) is 1. The number of halogens is 1. The second-order valence-electron chi connectivity index (χ2n) is 8.01. The smallest absolute Gasteiger partial charge is 0.242 e. The molecule has 0 bridgehead atoms. The number of hydrogen-bond donors (Lipinski definition) is 2. The van der Waals surface area contributed by atoms with Crippen molar-refractivity contribution in [3.63, 3.8) is 0 Å². The van der Waals surface area contributed by atoms with E-state index in [0.717, 1.165) is 31.5 Å². The van der Waals surface area contributed by atoms with Crippen molar-refractivity contribution >= 4 is 23.5 Å². The number of aliphatic imine (C=N–C) groups is 2. The lowest BCUT2D eigenvalue weighted by Gasteiger charge is -2.37. The first-order chi connectivity index (χ1) is 15.4. The zero-order valence-corrected chi connectivity index (χ0v) is 19.2. The van der Waals surface area contributed by atoms with Crippen LogP contribution in [0.15, 0.2) is 52.2 Å². The fraction of sp³-hybridized carbons (Fsp3) is 0.375. The number of nitriles is 1. The van der Waals surface area contributed by atoms with E-state index in [-0.39, 0.29) is 18.5 Å². The highest BCUT2D eigenvalue weighted by molar-refractivity contribution is 6.31. The number of hydrogen-bond acceptors (Lipinski definition) is 5. The summed E-state index contributed by atoms with van der Waals surface area (Å²) in [5.74, 6) is 1.91. The van der Waals surface area contributed by atoms with Gasteiger partial charge in [0.1, 0.15) is 5.82 Å². The van der Waals surface area contributed by atoms with E-state index in [9.17, 15) is 5.26 Å². The van der Waals surface area contributed by atoms with E-state index in [1.165, 1.54) is 0 Å². The Morgan fingerprint density at radius 2 is 2.19 bits per heavy atom. The largest absolute Gasteiger partial charge is 0.342 e. The van der Waals surface area contributed by atoms with Crippen LogP contribution < -0.4 is 11.1 Å². The van der Waals surface area contributed by atoms with Crippen molar-refractivity contribution < 1.29 is 0 Å². The number of terminal acetylenes is 1. The minimum Gasteiger partial charge on any atom is -0.342 e. The molecule has 2 heterocycles. The molecule has 2 aliphatic rings. The number of piperidine rings is 1. The van der Waals surface area contributed by atoms with Gasteiger partial charge in [-0.1, -0.05) is 50.6 Å². The molecule has 7 nitrogen and oxygen atoms in total. The van der Waals surface area contributed by atoms with Crippen molar-refractivity contribution in [1.29, 1.82) is 5.26 Å². The third-order valence-corrected chi connectivity index (χ3v) is 5.92. The second kappa shape index (κ2) is 10.4. The van der Waals surface area contributed by atoms with Gasteiger partial charge in [0.2, 0.25) is 11.9 Å². The molecule has 0 aliphatic carbocycles. The summed E-state index contributed by atoms with van der Waals surface area (Å²) in [4.78, 5) is 13.2. The Labute approximate surface area is 195 Å². The number of benzene rings is 1. The molecule has 1 aromatic carbocycles. The number of rotatable bonds is 4. The maximum Gasteiger partial charge on any atom is 0.242 e. The molecule has 1 aromatic rings. The molecule has 0 unspecified atom stereocenters. The van der Waals surface area contributed by atoms with Crippen LogP contribution in [0, 0.1) is 29.7 Å². The van der Waals surface area contributed by atoms with E-state index in [1.54, 1.807) is 29.2 Å². The molecule has 0 spiro atoms. The Morgan fingerprint density at radius 1 is 1.47 bits per heavy atom. The molecule has 166 valence electrons. The molecule has 0 saturated carbocycles. The Kier molecular flexibility index (Phi) is 7.58. The standard InChI is InChI=1S/C24H28ClN7/c1-5-19(16(3)4)22-29-24(31-12-10-18(27)11-13-31)30-23(32(22)6-2)28-15-20-17(14-26)8-7-9-21(20)25/h2,5,7-9,16,18H,1,10-13,15,27H2,3-4H3,(H,28,29,30)/b22-19+. The average Bonchev–Trinajstić information content (AvgIpc) is 2.78. The molecule has 8 heteroatoms. The molecule has 0 aromatic heterocycles. The first-order valence-corrected chi connectivity index (χ1v) is 11.0. The van der Waals surface area contributed by atoms with Crippen LogP contribution in [-0.4, -0.2) is 40.9 Å². The van der Waals surface area contributed by atoms with Crippen LogP contribution in [0.4, 0.5) is 0 Å². The van der Waals surface area contributed by atoms with Gasteiger partial charge in [-0.25, -0.2) is 9.89 Å². The maximum absolute atomic E-state index is 9.45. The SMILES string of the molecule is C#CN1C(=NCc2c(Cl)cccc2C#N)N=C(N2CCC(N)CC2)N/C1=C(/C=C)C(C)C. The lowest BCUT2D eigenvalue weighted by atomic mass is 10.0. The van der Waals surface area contributed by atoms with Gasteiger partial charge < -0.3 is 16.0 Å². The lowest BCUT2D eigenvalue weighted by molar-refractivity contribution is 0.304. The molecule has 0 radical (unpaired) electrons. The Balaban J connectivity index is 2.07. The van der Waals surface area contributed by atoms with Gasteiger partial charge in [0.15, 0.2) is 0 Å². The minimum atomic E-state index is 0.176. The van der Waals surface area contributed by atoms with E-state index < -0.39 is 0 Å². The van der Waals surface area contributed by atoms with E-state index in [1.807, 2.05) is 0 Å². The Morgan fingerprint density at radius 3 is 2.78 bits per heavy atom. The normalized spacial score (nSPS) is 19.8. The number of allylic oxidation sites excluding steroid dienone is 2. The fourth-order valence-corrected chi connectivity index (χ4v) is 3.94. The lowest BCUT2D eigenvalue weighted by Crippen LogP contribution is -2.53. The molecule has 1 fully saturated rings. The van der Waals surface area contributed by atoms with Gasteiger partial charge in [0, 0.05) is 35.8 Å². The Hall–Kier alpha value is -3.26. The molecule has 32 heavy (non-hydrogen) atoms. The van der Waals surface area contributed by atoms with Gasteiger partial charge in [-0.3, -0.25) is 0 Å². The number of likely N-dealkylation sites (tertiary alicyclic amines) is 1. The van der Waals surface area contributed by atoms with Crippen molar-refractivity contribution in [3.05, 3.63) is 58.4 Å². The molecule has 0 atom stereocenters. The summed E-state index contributed by atoms with van der Waals surface area (Å²) < 4.78 is 0. The molecule has 2 aliphatic heterocycles. The van der Waals surface area contributed by atoms with Gasteiger partial charge in [-0.15, -0.1) is 0 Å². The van der Waals surface area contributed by atoms with Crippen molar-refractivity contribution in [2.45, 2.75) is 39.3 Å². The number of nitrogens with zero attached hydrogens (tertiary/aromatic N) is 5. The van der Waals surface area contributed by atoms with Crippen LogP contribution in [0.25, 0.3) is 0 Å². The van der Waals surface area contributed by atoms with Gasteiger partial charge in [0.25, 0.3) is 0 Å². The summed E-state index contributed by atoms with van der Waals surface area (Å²) in [6.45, 7) is 9.88. The van der Waals surface area contributed by atoms with Gasteiger partial charge >= 0.3 is 0 Å². The quantitative estimate of drug-likeness (QED) is 0.687. The van der Waals surface area contributed by atoms with Crippen LogP contribution in [-0.2, 0) is 6.54 Å². The van der Waals surface area contributed by atoms with Crippen LogP contribution in [0.3, 0.4) is 0 Å². The Bertz CT molecular complexity index is 1050. The summed E-state index contributed by atoms with van der Waals surface area (Å²) in [5.41, 5.74) is 8.14. The fourth-order valence-electron chi connectivity index (χ4n) is 3.70. The minimum absolute atomic E-state index is 0.176.